The van der Waals surface area contributed by atoms with E-state index in [0.29, 0.717) is 13.0 Å². The number of benzene rings is 1. The van der Waals surface area contributed by atoms with E-state index in [1.54, 1.807) is 0 Å². The van der Waals surface area contributed by atoms with Crippen LogP contribution >= 0.6 is 11.6 Å². The SMILES string of the molecule is O=C(O)c1ccc(Cl)c(S(=O)(=O)NCC2(O)CCOC2)c1. The fraction of sp³-hybridized carbons (Fsp3) is 0.417. The third-order valence-corrected chi connectivity index (χ3v) is 5.02. The number of rotatable bonds is 5. The predicted octanol–water partition coefficient (Wildman–Crippen LogP) is 0.468. The van der Waals surface area contributed by atoms with Gasteiger partial charge in [-0.3, -0.25) is 0 Å². The Balaban J connectivity index is 2.23. The number of aliphatic hydroxyl groups is 1. The maximum atomic E-state index is 12.2. The summed E-state index contributed by atoms with van der Waals surface area (Å²) >= 11 is 5.82. The number of carboxylic acids is 1. The van der Waals surface area contributed by atoms with Crippen molar-refractivity contribution in [3.8, 4) is 0 Å². The van der Waals surface area contributed by atoms with Gasteiger partial charge in [0.2, 0.25) is 10.0 Å². The fourth-order valence-electron chi connectivity index (χ4n) is 1.89. The second-order valence-electron chi connectivity index (χ2n) is 4.80. The average Bonchev–Trinajstić information content (AvgIpc) is 2.84. The average molecular weight is 336 g/mol. The fourth-order valence-corrected chi connectivity index (χ4v) is 3.53. The molecule has 0 aliphatic carbocycles. The van der Waals surface area contributed by atoms with Crippen LogP contribution in [0.25, 0.3) is 0 Å². The van der Waals surface area contributed by atoms with E-state index in [-0.39, 0.29) is 28.6 Å². The first-order valence-electron chi connectivity index (χ1n) is 6.06. The Hall–Kier alpha value is -1.19. The van der Waals surface area contributed by atoms with Crippen molar-refractivity contribution in [3.05, 3.63) is 28.8 Å². The van der Waals surface area contributed by atoms with Gasteiger partial charge in [-0.2, -0.15) is 0 Å². The molecule has 1 saturated heterocycles. The van der Waals surface area contributed by atoms with Crippen molar-refractivity contribution in [2.24, 2.45) is 0 Å². The van der Waals surface area contributed by atoms with Crippen LogP contribution in [-0.4, -0.2) is 50.0 Å². The minimum absolute atomic E-state index is 0.0401. The molecule has 1 aromatic carbocycles. The molecular weight excluding hydrogens is 322 g/mol. The standard InChI is InChI=1S/C12H14ClNO6S/c13-9-2-1-8(11(15)16)5-10(9)21(18,19)14-6-12(17)3-4-20-7-12/h1-2,5,14,17H,3-4,6-7H2,(H,15,16). The van der Waals surface area contributed by atoms with Crippen molar-refractivity contribution >= 4 is 27.6 Å². The second-order valence-corrected chi connectivity index (χ2v) is 6.94. The van der Waals surface area contributed by atoms with E-state index in [1.807, 2.05) is 0 Å². The molecule has 1 atom stereocenters. The van der Waals surface area contributed by atoms with Crippen molar-refractivity contribution in [2.75, 3.05) is 19.8 Å². The van der Waals surface area contributed by atoms with Gasteiger partial charge in [0.1, 0.15) is 10.5 Å². The van der Waals surface area contributed by atoms with Crippen LogP contribution < -0.4 is 4.72 Å². The highest BCUT2D eigenvalue weighted by Gasteiger charge is 2.34. The zero-order valence-electron chi connectivity index (χ0n) is 10.9. The number of carbonyl (C=O) groups is 1. The van der Waals surface area contributed by atoms with Crippen molar-refractivity contribution in [1.82, 2.24) is 4.72 Å². The molecule has 116 valence electrons. The van der Waals surface area contributed by atoms with Gasteiger partial charge in [-0.15, -0.1) is 0 Å². The maximum absolute atomic E-state index is 12.2. The molecule has 1 aromatic rings. The molecule has 2 rings (SSSR count). The Bertz CT molecular complexity index is 654. The molecule has 21 heavy (non-hydrogen) atoms. The smallest absolute Gasteiger partial charge is 0.335 e. The van der Waals surface area contributed by atoms with Crippen LogP contribution in [-0.2, 0) is 14.8 Å². The molecule has 0 saturated carbocycles. The first-order chi connectivity index (χ1) is 9.73. The minimum atomic E-state index is -4.03. The third kappa shape index (κ3) is 3.72. The van der Waals surface area contributed by atoms with Crippen molar-refractivity contribution < 1.29 is 28.2 Å². The molecule has 0 radical (unpaired) electrons. The van der Waals surface area contributed by atoms with Crippen molar-refractivity contribution in [2.45, 2.75) is 16.9 Å². The van der Waals surface area contributed by atoms with E-state index in [9.17, 15) is 18.3 Å². The highest BCUT2D eigenvalue weighted by Crippen LogP contribution is 2.24. The van der Waals surface area contributed by atoms with Crippen LogP contribution in [0.3, 0.4) is 0 Å². The number of ether oxygens (including phenoxy) is 1. The van der Waals surface area contributed by atoms with Gasteiger partial charge < -0.3 is 14.9 Å². The first-order valence-corrected chi connectivity index (χ1v) is 7.92. The van der Waals surface area contributed by atoms with Gasteiger partial charge in [0.25, 0.3) is 0 Å². The van der Waals surface area contributed by atoms with Crippen LogP contribution in [0.1, 0.15) is 16.8 Å². The lowest BCUT2D eigenvalue weighted by Crippen LogP contribution is -2.43. The summed E-state index contributed by atoms with van der Waals surface area (Å²) in [5, 5.41) is 18.8. The Kier molecular flexibility index (Phi) is 4.54. The van der Waals surface area contributed by atoms with Crippen LogP contribution in [0.4, 0.5) is 0 Å². The molecule has 3 N–H and O–H groups in total. The van der Waals surface area contributed by atoms with Crippen LogP contribution in [0, 0.1) is 0 Å². The molecule has 1 aliphatic rings. The van der Waals surface area contributed by atoms with Gasteiger partial charge in [-0.25, -0.2) is 17.9 Å². The van der Waals surface area contributed by atoms with E-state index in [2.05, 4.69) is 4.72 Å². The summed E-state index contributed by atoms with van der Waals surface area (Å²) in [6.07, 6.45) is 0.318. The second kappa shape index (κ2) is 5.90. The summed E-state index contributed by atoms with van der Waals surface area (Å²) in [7, 11) is -4.03. The zero-order chi connectivity index (χ0) is 15.7. The normalized spacial score (nSPS) is 22.4. The summed E-state index contributed by atoms with van der Waals surface area (Å²) in [6.45, 7) is 0.162. The van der Waals surface area contributed by atoms with Gasteiger partial charge in [-0.1, -0.05) is 11.6 Å². The molecule has 0 bridgehead atoms. The molecule has 0 spiro atoms. The van der Waals surface area contributed by atoms with E-state index in [4.69, 9.17) is 21.4 Å². The Morgan fingerprint density at radius 1 is 1.48 bits per heavy atom. The molecule has 1 aliphatic heterocycles. The topological polar surface area (TPSA) is 113 Å². The number of aromatic carboxylic acids is 1. The maximum Gasteiger partial charge on any atom is 0.335 e. The summed E-state index contributed by atoms with van der Waals surface area (Å²) in [6, 6.07) is 3.39. The molecule has 1 heterocycles. The molecule has 7 nitrogen and oxygen atoms in total. The van der Waals surface area contributed by atoms with E-state index in [1.165, 1.54) is 12.1 Å². The third-order valence-electron chi connectivity index (χ3n) is 3.14. The van der Waals surface area contributed by atoms with E-state index >= 15 is 0 Å². The zero-order valence-corrected chi connectivity index (χ0v) is 12.4. The van der Waals surface area contributed by atoms with Gasteiger partial charge in [0, 0.05) is 19.6 Å². The molecule has 1 fully saturated rings. The van der Waals surface area contributed by atoms with Gasteiger partial charge in [-0.05, 0) is 18.2 Å². The van der Waals surface area contributed by atoms with Crippen molar-refractivity contribution in [3.63, 3.8) is 0 Å². The lowest BCUT2D eigenvalue weighted by Gasteiger charge is -2.20. The number of hydrogen-bond acceptors (Lipinski definition) is 5. The highest BCUT2D eigenvalue weighted by atomic mass is 35.5. The summed E-state index contributed by atoms with van der Waals surface area (Å²) in [4.78, 5) is 10.6. The van der Waals surface area contributed by atoms with Gasteiger partial charge >= 0.3 is 5.97 Å². The Morgan fingerprint density at radius 3 is 2.76 bits per heavy atom. The van der Waals surface area contributed by atoms with Crippen LogP contribution in [0.2, 0.25) is 5.02 Å². The molecular formula is C12H14ClNO6S. The van der Waals surface area contributed by atoms with Crippen molar-refractivity contribution in [1.29, 1.82) is 0 Å². The largest absolute Gasteiger partial charge is 0.478 e. The number of sulfonamides is 1. The molecule has 1 unspecified atom stereocenters. The number of carboxylic acid groups (broad SMARTS) is 1. The number of halogens is 1. The predicted molar refractivity (Wildman–Crippen MR) is 74.0 cm³/mol. The quantitative estimate of drug-likeness (QED) is 0.721. The van der Waals surface area contributed by atoms with E-state index in [0.717, 1.165) is 6.07 Å². The van der Waals surface area contributed by atoms with Gasteiger partial charge in [0.05, 0.1) is 17.2 Å². The molecule has 0 aromatic heterocycles. The lowest BCUT2D eigenvalue weighted by atomic mass is 10.1. The Labute approximate surface area is 126 Å². The molecule has 9 heteroatoms. The lowest BCUT2D eigenvalue weighted by molar-refractivity contribution is 0.0314. The highest BCUT2D eigenvalue weighted by molar-refractivity contribution is 7.89. The summed E-state index contributed by atoms with van der Waals surface area (Å²) in [5.74, 6) is -1.26. The minimum Gasteiger partial charge on any atom is -0.478 e. The summed E-state index contributed by atoms with van der Waals surface area (Å²) < 4.78 is 31.6. The first kappa shape index (κ1) is 16.2. The molecule has 0 amide bonds. The van der Waals surface area contributed by atoms with E-state index < -0.39 is 21.6 Å². The monoisotopic (exact) mass is 335 g/mol. The number of hydrogen-bond donors (Lipinski definition) is 3. The number of nitrogens with one attached hydrogen (secondary N) is 1. The van der Waals surface area contributed by atoms with Crippen LogP contribution in [0.15, 0.2) is 23.1 Å². The summed E-state index contributed by atoms with van der Waals surface area (Å²) in [5.41, 5.74) is -1.45. The van der Waals surface area contributed by atoms with Crippen LogP contribution in [0.5, 0.6) is 0 Å². The Morgan fingerprint density at radius 2 is 2.19 bits per heavy atom. The van der Waals surface area contributed by atoms with Gasteiger partial charge in [0.15, 0.2) is 0 Å².